The van der Waals surface area contributed by atoms with Gasteiger partial charge in [-0.1, -0.05) is 15.3 Å². The molecule has 0 aliphatic heterocycles. The molecule has 0 aromatic rings. The molecule has 0 aromatic heterocycles. The fraction of sp³-hybridized carbons (Fsp3) is 0.667. The van der Waals surface area contributed by atoms with E-state index >= 15 is 0 Å². The van der Waals surface area contributed by atoms with Gasteiger partial charge in [0.25, 0.3) is 0 Å². The Bertz CT molecular complexity index is 310. The fourth-order valence-electron chi connectivity index (χ4n) is 0.615. The molecule has 0 saturated carbocycles. The number of carbonyl (C=O) groups excluding carboxylic acids is 1. The van der Waals surface area contributed by atoms with Crippen LogP contribution in [0.4, 0.5) is 4.79 Å². The molecular weight excluding hydrogens is 281 g/mol. The van der Waals surface area contributed by atoms with E-state index in [4.69, 9.17) is 7.85 Å². The van der Waals surface area contributed by atoms with E-state index in [9.17, 15) is 13.2 Å². The largest absolute Gasteiger partial charge is 1.00 e. The fourth-order valence-corrected chi connectivity index (χ4v) is 4.95. The minimum atomic E-state index is -3.25. The third kappa shape index (κ3) is 10.8. The summed E-state index contributed by atoms with van der Waals surface area (Å²) < 4.78 is 25.5. The van der Waals surface area contributed by atoms with Crippen molar-refractivity contribution in [2.45, 2.75) is 10.9 Å². The first kappa shape index (κ1) is 19.2. The molecule has 0 bridgehead atoms. The van der Waals surface area contributed by atoms with Crippen LogP contribution in [0.25, 0.3) is 0 Å². The molecule has 2 radical (unpaired) electrons. The zero-order valence-electron chi connectivity index (χ0n) is 8.65. The summed E-state index contributed by atoms with van der Waals surface area (Å²) in [5.74, 6) is -0.949. The normalized spacial score (nSPS) is 14.9. The Morgan fingerprint density at radius 2 is 2.13 bits per heavy atom. The van der Waals surface area contributed by atoms with E-state index in [0.29, 0.717) is 10.8 Å². The maximum atomic E-state index is 11.0. The summed E-state index contributed by atoms with van der Waals surface area (Å²) in [5.41, 5.74) is 0. The minimum absolute atomic E-state index is 0. The van der Waals surface area contributed by atoms with Crippen LogP contribution >= 0.6 is 20.0 Å². The van der Waals surface area contributed by atoms with Gasteiger partial charge in [0.05, 0.1) is 6.61 Å². The van der Waals surface area contributed by atoms with Gasteiger partial charge in [0.2, 0.25) is 13.7 Å². The van der Waals surface area contributed by atoms with Crippen molar-refractivity contribution in [3.05, 3.63) is 6.92 Å². The van der Waals surface area contributed by atoms with Crippen LogP contribution in [0, 0.1) is 6.92 Å². The molecule has 0 amide bonds. The topological polar surface area (TPSA) is 60.4 Å². The molecule has 1 atom stereocenters. The molecule has 0 rings (SSSR count). The average Bonchev–Trinajstić information content (AvgIpc) is 1.98. The molecule has 0 aliphatic carbocycles. The van der Waals surface area contributed by atoms with E-state index in [1.165, 1.54) is 0 Å². The van der Waals surface area contributed by atoms with E-state index in [1.807, 2.05) is 0 Å². The van der Waals surface area contributed by atoms with Crippen LogP contribution in [0.1, 0.15) is 6.42 Å². The third-order valence-corrected chi connectivity index (χ3v) is 5.12. The molecule has 4 nitrogen and oxygen atoms in total. The summed E-state index contributed by atoms with van der Waals surface area (Å²) in [5, 5.41) is 0. The smallest absolute Gasteiger partial charge is 0.538 e. The molecule has 15 heavy (non-hydrogen) atoms. The number of rotatable bonds is 5. The Morgan fingerprint density at radius 3 is 2.40 bits per heavy atom. The minimum Gasteiger partial charge on any atom is -0.538 e. The number of carbonyl (C=O) groups is 1. The standard InChI is InChI=1S/C6H10BO4PS2.K/c1-3-6(12,4-11-5(7)8)13-14(2,9)10;/h12H,1,3-4H2,2H3;/q-2;+1. The zero-order chi connectivity index (χ0) is 11.4. The summed E-state index contributed by atoms with van der Waals surface area (Å²) in [7, 11) is 5.34. The van der Waals surface area contributed by atoms with E-state index in [1.54, 1.807) is 0 Å². The summed E-state index contributed by atoms with van der Waals surface area (Å²) in [6.07, 6.45) is 1.29. The second kappa shape index (κ2) is 8.08. The zero-order valence-corrected chi connectivity index (χ0v) is 14.4. The monoisotopic (exact) mass is 291 g/mol. The first-order valence-corrected chi connectivity index (χ1v) is 7.28. The van der Waals surface area contributed by atoms with Gasteiger partial charge in [-0.2, -0.15) is 6.42 Å². The Labute approximate surface area is 140 Å². The van der Waals surface area contributed by atoms with Crippen molar-refractivity contribution >= 4 is 42.6 Å². The molecule has 0 aliphatic rings. The van der Waals surface area contributed by atoms with Crippen LogP contribution in [-0.2, 0) is 13.6 Å². The summed E-state index contributed by atoms with van der Waals surface area (Å²) >= 11 is 0. The van der Waals surface area contributed by atoms with E-state index in [0.717, 1.165) is 6.26 Å². The first-order chi connectivity index (χ1) is 6.18. The molecule has 80 valence electrons. The van der Waals surface area contributed by atoms with Crippen LogP contribution in [0.3, 0.4) is 0 Å². The van der Waals surface area contributed by atoms with Crippen molar-refractivity contribution in [3.63, 3.8) is 0 Å². The molecule has 0 saturated heterocycles. The van der Waals surface area contributed by atoms with Gasteiger partial charge in [-0.15, -0.1) is 0 Å². The van der Waals surface area contributed by atoms with Gasteiger partial charge in [0.15, 0.2) is 8.87 Å². The van der Waals surface area contributed by atoms with Crippen molar-refractivity contribution in [2.75, 3.05) is 12.9 Å². The predicted octanol–water partition coefficient (Wildman–Crippen LogP) is -1.95. The van der Waals surface area contributed by atoms with E-state index < -0.39 is 19.2 Å². The van der Waals surface area contributed by atoms with Crippen LogP contribution in [-0.4, -0.2) is 39.5 Å². The van der Waals surface area contributed by atoms with Crippen LogP contribution in [0.15, 0.2) is 0 Å². The Hall–Kier alpha value is 1.90. The predicted molar refractivity (Wildman–Crippen MR) is 60.6 cm³/mol. The molecule has 0 fully saturated rings. The Morgan fingerprint density at radius 1 is 1.67 bits per heavy atom. The van der Waals surface area contributed by atoms with Crippen molar-refractivity contribution in [1.82, 2.24) is 0 Å². The van der Waals surface area contributed by atoms with Gasteiger partial charge in [-0.05, 0) is 0 Å². The van der Waals surface area contributed by atoms with Crippen LogP contribution < -0.4 is 51.4 Å². The molecule has 1 unspecified atom stereocenters. The van der Waals surface area contributed by atoms with Gasteiger partial charge in [0.1, 0.15) is 0 Å². The Balaban J connectivity index is 0. The van der Waals surface area contributed by atoms with Crippen LogP contribution in [0.5, 0.6) is 0 Å². The van der Waals surface area contributed by atoms with Gasteiger partial charge >= 0.3 is 51.4 Å². The molecule has 0 heterocycles. The quantitative estimate of drug-likeness (QED) is 0.255. The van der Waals surface area contributed by atoms with Crippen molar-refractivity contribution < 1.29 is 69.3 Å². The maximum Gasteiger partial charge on any atom is 1.00 e. The first-order valence-electron chi connectivity index (χ1n) is 3.56. The summed E-state index contributed by atoms with van der Waals surface area (Å²) in [6, 6.07) is 0. The van der Waals surface area contributed by atoms with E-state index in [-0.39, 0.29) is 64.4 Å². The second-order valence-electron chi connectivity index (χ2n) is 2.64. The Kier molecular flexibility index (Phi) is 10.4. The molecule has 0 spiro atoms. The van der Waals surface area contributed by atoms with Gasteiger partial charge in [-0.3, -0.25) is 4.79 Å². The van der Waals surface area contributed by atoms with Crippen molar-refractivity contribution in [3.8, 4) is 0 Å². The number of hydrogen-bond acceptors (Lipinski definition) is 5. The maximum absolute atomic E-state index is 11.0. The summed E-state index contributed by atoms with van der Waals surface area (Å²) in [6.45, 7) is 3.40. The van der Waals surface area contributed by atoms with Crippen molar-refractivity contribution in [1.29, 1.82) is 0 Å². The van der Waals surface area contributed by atoms with Gasteiger partial charge in [-0.25, -0.2) is 8.42 Å². The summed E-state index contributed by atoms with van der Waals surface area (Å²) in [4.78, 5) is 10.3. The van der Waals surface area contributed by atoms with Gasteiger partial charge in [0, 0.05) is 6.26 Å². The number of hydrogen-bond donors (Lipinski definition) is 0. The van der Waals surface area contributed by atoms with Crippen molar-refractivity contribution in [2.24, 2.45) is 0 Å². The molecule has 0 N–H and O–H groups in total. The number of ether oxygens (including phenoxy) is 1. The third-order valence-electron chi connectivity index (χ3n) is 1.16. The molecular formula is C6H10BKO4PS2-. The van der Waals surface area contributed by atoms with Gasteiger partial charge < -0.3 is 20.9 Å². The average molecular weight is 291 g/mol. The SMILES string of the molecule is [B]C(=O)OCC([PH-])(C[CH2-])SS(C)(=O)=O.[K+]. The second-order valence-corrected chi connectivity index (χ2v) is 8.63. The molecule has 0 aromatic carbocycles. The molecule has 9 heteroatoms. The van der Waals surface area contributed by atoms with E-state index in [2.05, 4.69) is 20.9 Å². The van der Waals surface area contributed by atoms with Crippen LogP contribution in [0.2, 0.25) is 0 Å².